The van der Waals surface area contributed by atoms with Gasteiger partial charge in [-0.25, -0.2) is 0 Å². The van der Waals surface area contributed by atoms with E-state index >= 15 is 0 Å². The van der Waals surface area contributed by atoms with Gasteiger partial charge in [0, 0.05) is 57.4 Å². The number of anilines is 3. The van der Waals surface area contributed by atoms with Crippen LogP contribution in [0, 0.1) is 0 Å². The van der Waals surface area contributed by atoms with Crippen LogP contribution in [0.15, 0.2) is 212 Å². The Labute approximate surface area is 345 Å². The molecule has 0 fully saturated rings. The smallest absolute Gasteiger partial charge is 0.0714 e. The first kappa shape index (κ1) is 33.4. The summed E-state index contributed by atoms with van der Waals surface area (Å²) in [7, 11) is 0. The topological polar surface area (TPSA) is 3.24 Å². The molecule has 2 heterocycles. The van der Waals surface area contributed by atoms with Crippen molar-refractivity contribution in [1.82, 2.24) is 0 Å². The van der Waals surface area contributed by atoms with E-state index < -0.39 is 5.41 Å². The Hall–Kier alpha value is -6.78. The molecule has 1 aliphatic rings. The molecule has 0 saturated heterocycles. The number of para-hydroxylation sites is 1. The van der Waals surface area contributed by atoms with E-state index in [-0.39, 0.29) is 0 Å². The van der Waals surface area contributed by atoms with E-state index in [9.17, 15) is 0 Å². The summed E-state index contributed by atoms with van der Waals surface area (Å²) in [6.45, 7) is 0. The summed E-state index contributed by atoms with van der Waals surface area (Å²) in [4.78, 5) is 2.41. The number of benzene rings is 9. The predicted molar refractivity (Wildman–Crippen MR) is 250 cm³/mol. The van der Waals surface area contributed by atoms with Crippen LogP contribution in [0.1, 0.15) is 22.3 Å². The van der Waals surface area contributed by atoms with E-state index in [0.717, 1.165) is 17.1 Å². The Bertz CT molecular complexity index is 3290. The average molecular weight is 774 g/mol. The van der Waals surface area contributed by atoms with Gasteiger partial charge in [-0.2, -0.15) is 0 Å². The van der Waals surface area contributed by atoms with Gasteiger partial charge in [-0.3, -0.25) is 0 Å². The van der Waals surface area contributed by atoms with Crippen molar-refractivity contribution in [2.75, 3.05) is 4.90 Å². The van der Waals surface area contributed by atoms with Crippen molar-refractivity contribution in [3.05, 3.63) is 235 Å². The number of rotatable bonds is 6. The maximum atomic E-state index is 2.45. The number of hydrogen-bond donors (Lipinski definition) is 0. The van der Waals surface area contributed by atoms with E-state index in [1.807, 2.05) is 22.7 Å². The summed E-state index contributed by atoms with van der Waals surface area (Å²) in [5, 5.41) is 5.45. The molecule has 1 nitrogen and oxygen atoms in total. The third-order valence-corrected chi connectivity index (χ3v) is 14.4. The van der Waals surface area contributed by atoms with Gasteiger partial charge in [0.2, 0.25) is 0 Å². The third-order valence-electron chi connectivity index (χ3n) is 12.2. The lowest BCUT2D eigenvalue weighted by atomic mass is 9.67. The van der Waals surface area contributed by atoms with Crippen LogP contribution in [-0.2, 0) is 5.41 Å². The van der Waals surface area contributed by atoms with Crippen LogP contribution in [0.4, 0.5) is 17.1 Å². The molecule has 272 valence electrons. The van der Waals surface area contributed by atoms with Gasteiger partial charge in [0.15, 0.2) is 0 Å². The molecule has 0 spiro atoms. The van der Waals surface area contributed by atoms with Gasteiger partial charge in [-0.1, -0.05) is 152 Å². The Morgan fingerprint density at radius 2 is 0.862 bits per heavy atom. The van der Waals surface area contributed by atoms with Gasteiger partial charge in [0.25, 0.3) is 0 Å². The minimum absolute atomic E-state index is 0.474. The molecule has 11 aromatic rings. The maximum Gasteiger partial charge on any atom is 0.0714 e. The van der Waals surface area contributed by atoms with E-state index in [0.29, 0.717) is 0 Å². The summed E-state index contributed by atoms with van der Waals surface area (Å²) in [6.07, 6.45) is 0. The predicted octanol–water partition coefficient (Wildman–Crippen LogP) is 15.9. The van der Waals surface area contributed by atoms with Crippen LogP contribution >= 0.6 is 22.7 Å². The molecule has 0 aliphatic heterocycles. The van der Waals surface area contributed by atoms with Crippen LogP contribution in [0.3, 0.4) is 0 Å². The van der Waals surface area contributed by atoms with Crippen LogP contribution in [-0.4, -0.2) is 0 Å². The molecule has 0 radical (unpaired) electrons. The molecule has 0 N–H and O–H groups in total. The number of fused-ring (bicyclic) bond motifs is 10. The van der Waals surface area contributed by atoms with Crippen molar-refractivity contribution in [2.24, 2.45) is 0 Å². The second-order valence-electron chi connectivity index (χ2n) is 15.2. The lowest BCUT2D eigenvalue weighted by molar-refractivity contribution is 0.768. The van der Waals surface area contributed by atoms with Gasteiger partial charge >= 0.3 is 0 Å². The van der Waals surface area contributed by atoms with Gasteiger partial charge < -0.3 is 4.90 Å². The molecule has 0 unspecified atom stereocenters. The van der Waals surface area contributed by atoms with Gasteiger partial charge in [-0.15, -0.1) is 22.7 Å². The first-order valence-electron chi connectivity index (χ1n) is 19.8. The van der Waals surface area contributed by atoms with Gasteiger partial charge in [0.05, 0.1) is 5.41 Å². The second-order valence-corrected chi connectivity index (χ2v) is 17.3. The molecule has 2 aromatic heterocycles. The molecule has 58 heavy (non-hydrogen) atoms. The molecule has 0 saturated carbocycles. The highest BCUT2D eigenvalue weighted by Crippen LogP contribution is 2.57. The molecule has 3 heteroatoms. The Morgan fingerprint density at radius 1 is 0.328 bits per heavy atom. The second kappa shape index (κ2) is 13.1. The fraction of sp³-hybridized carbons (Fsp3) is 0.0182. The minimum Gasteiger partial charge on any atom is -0.310 e. The lowest BCUT2D eigenvalue weighted by Gasteiger charge is -2.35. The van der Waals surface area contributed by atoms with Crippen molar-refractivity contribution in [1.29, 1.82) is 0 Å². The highest BCUT2D eigenvalue weighted by atomic mass is 32.1. The first-order valence-corrected chi connectivity index (χ1v) is 21.5. The maximum absolute atomic E-state index is 2.45. The summed E-state index contributed by atoms with van der Waals surface area (Å²) < 4.78 is 5.35. The van der Waals surface area contributed by atoms with Crippen molar-refractivity contribution in [3.63, 3.8) is 0 Å². The monoisotopic (exact) mass is 773 g/mol. The standard InChI is InChI=1S/C55H35NS2/c1-4-15-37(16-5-1)55(38-17-6-2-7-18-38)46-24-12-10-21-43(46)44-32-31-41(35-47(44)55)56(39-19-8-3-9-20-39)40-29-27-36(28-30-40)42-23-14-26-49-52(42)54-51(58-49)34-33-50-53(54)45-22-11-13-25-48(45)57-50/h1-35H. The highest BCUT2D eigenvalue weighted by molar-refractivity contribution is 7.28. The zero-order valence-electron chi connectivity index (χ0n) is 31.5. The summed E-state index contributed by atoms with van der Waals surface area (Å²) in [6, 6.07) is 78.5. The zero-order chi connectivity index (χ0) is 38.2. The van der Waals surface area contributed by atoms with Gasteiger partial charge in [-0.05, 0) is 105 Å². The quantitative estimate of drug-likeness (QED) is 0.163. The van der Waals surface area contributed by atoms with Crippen LogP contribution < -0.4 is 4.90 Å². The van der Waals surface area contributed by atoms with Crippen LogP contribution in [0.2, 0.25) is 0 Å². The molecule has 12 rings (SSSR count). The molecular formula is C55H35NS2. The molecular weight excluding hydrogens is 739 g/mol. The fourth-order valence-electron chi connectivity index (χ4n) is 9.75. The van der Waals surface area contributed by atoms with E-state index in [4.69, 9.17) is 0 Å². The fourth-order valence-corrected chi connectivity index (χ4v) is 12.0. The minimum atomic E-state index is -0.474. The number of thiophene rings is 2. The summed E-state index contributed by atoms with van der Waals surface area (Å²) in [5.41, 5.74) is 13.1. The Balaban J connectivity index is 1.04. The van der Waals surface area contributed by atoms with Crippen LogP contribution in [0.25, 0.3) is 62.6 Å². The molecule has 0 amide bonds. The highest BCUT2D eigenvalue weighted by Gasteiger charge is 2.46. The van der Waals surface area contributed by atoms with Crippen molar-refractivity contribution in [2.45, 2.75) is 5.41 Å². The van der Waals surface area contributed by atoms with E-state index in [2.05, 4.69) is 217 Å². The van der Waals surface area contributed by atoms with Gasteiger partial charge in [0.1, 0.15) is 0 Å². The van der Waals surface area contributed by atoms with E-state index in [1.165, 1.54) is 84.9 Å². The largest absolute Gasteiger partial charge is 0.310 e. The van der Waals surface area contributed by atoms with Crippen LogP contribution in [0.5, 0.6) is 0 Å². The third kappa shape index (κ3) is 4.87. The molecule has 1 aliphatic carbocycles. The lowest BCUT2D eigenvalue weighted by Crippen LogP contribution is -2.28. The van der Waals surface area contributed by atoms with Crippen molar-refractivity contribution < 1.29 is 0 Å². The Kier molecular flexibility index (Phi) is 7.56. The molecule has 0 atom stereocenters. The first-order chi connectivity index (χ1) is 28.8. The van der Waals surface area contributed by atoms with Crippen molar-refractivity contribution in [3.8, 4) is 22.3 Å². The average Bonchev–Trinajstić information content (AvgIpc) is 3.96. The van der Waals surface area contributed by atoms with E-state index in [1.54, 1.807) is 0 Å². The normalized spacial score (nSPS) is 13.0. The number of nitrogens with zero attached hydrogens (tertiary/aromatic N) is 1. The molecule has 9 aromatic carbocycles. The summed E-state index contributed by atoms with van der Waals surface area (Å²) in [5.74, 6) is 0. The number of hydrogen-bond acceptors (Lipinski definition) is 3. The SMILES string of the molecule is c1ccc(N(c2ccc(-c3cccc4sc5ccc6sc7ccccc7c6c5c34)cc2)c2ccc3c(c2)C(c2ccccc2)(c2ccccc2)c2ccccc2-3)cc1. The van der Waals surface area contributed by atoms with Crippen molar-refractivity contribution >= 4 is 80.1 Å². The zero-order valence-corrected chi connectivity index (χ0v) is 33.1. The molecule has 0 bridgehead atoms. The summed E-state index contributed by atoms with van der Waals surface area (Å²) >= 11 is 3.79. The Morgan fingerprint density at radius 3 is 1.62 bits per heavy atom.